The highest BCUT2D eigenvalue weighted by Crippen LogP contribution is 2.14. The molecule has 0 aliphatic carbocycles. The van der Waals surface area contributed by atoms with Crippen LogP contribution in [0.1, 0.15) is 37.7 Å². The highest BCUT2D eigenvalue weighted by Gasteiger charge is 2.08. The van der Waals surface area contributed by atoms with Crippen LogP contribution in [0.15, 0.2) is 18.3 Å². The maximum Gasteiger partial charge on any atom is 0.140 e. The number of nitrogens with one attached hydrogen (secondary N) is 1. The fraction of sp³-hybridized carbons (Fsp3) is 0.615. The molecule has 1 aliphatic rings. The van der Waals surface area contributed by atoms with Crippen LogP contribution in [-0.4, -0.2) is 23.0 Å². The molecule has 1 aromatic rings. The van der Waals surface area contributed by atoms with Gasteiger partial charge in [-0.2, -0.15) is 0 Å². The molecule has 0 atom stereocenters. The molecule has 3 N–H and O–H groups in total. The van der Waals surface area contributed by atoms with Crippen LogP contribution in [0.4, 0.5) is 5.82 Å². The predicted molar refractivity (Wildman–Crippen MR) is 70.4 cm³/mol. The van der Waals surface area contributed by atoms with E-state index in [9.17, 15) is 0 Å². The van der Waals surface area contributed by atoms with Gasteiger partial charge in [0, 0.05) is 12.7 Å². The van der Waals surface area contributed by atoms with Gasteiger partial charge >= 0.3 is 0 Å². The van der Waals surface area contributed by atoms with Crippen LogP contribution >= 0.6 is 0 Å². The van der Waals surface area contributed by atoms with Crippen molar-refractivity contribution in [3.63, 3.8) is 0 Å². The van der Waals surface area contributed by atoms with Crippen molar-refractivity contribution in [1.29, 1.82) is 0 Å². The minimum atomic E-state index is 0.745. The summed E-state index contributed by atoms with van der Waals surface area (Å²) in [6.45, 7) is 3.44. The SMILES string of the molecule is NNc1cc(CN2CCCCCCC2)ccn1. The third kappa shape index (κ3) is 3.98. The minimum Gasteiger partial charge on any atom is -0.308 e. The summed E-state index contributed by atoms with van der Waals surface area (Å²) < 4.78 is 0. The Morgan fingerprint density at radius 2 is 1.88 bits per heavy atom. The molecular formula is C13H22N4. The van der Waals surface area contributed by atoms with E-state index >= 15 is 0 Å². The summed E-state index contributed by atoms with van der Waals surface area (Å²) in [7, 11) is 0. The van der Waals surface area contributed by atoms with Crippen LogP contribution in [0.5, 0.6) is 0 Å². The Balaban J connectivity index is 1.93. The van der Waals surface area contributed by atoms with E-state index in [1.807, 2.05) is 12.3 Å². The third-order valence-corrected chi connectivity index (χ3v) is 3.33. The zero-order chi connectivity index (χ0) is 11.9. The van der Waals surface area contributed by atoms with Gasteiger partial charge in [0.15, 0.2) is 0 Å². The second-order valence-electron chi connectivity index (χ2n) is 4.74. The van der Waals surface area contributed by atoms with Crippen LogP contribution in [0, 0.1) is 0 Å². The van der Waals surface area contributed by atoms with Crippen molar-refractivity contribution in [2.24, 2.45) is 5.84 Å². The number of rotatable bonds is 3. The number of hydrogen-bond acceptors (Lipinski definition) is 4. The van der Waals surface area contributed by atoms with Crippen LogP contribution in [0.3, 0.4) is 0 Å². The molecule has 1 aromatic heterocycles. The van der Waals surface area contributed by atoms with Gasteiger partial charge in [-0.3, -0.25) is 4.90 Å². The number of likely N-dealkylation sites (tertiary alicyclic amines) is 1. The fourth-order valence-corrected chi connectivity index (χ4v) is 2.38. The van der Waals surface area contributed by atoms with E-state index in [2.05, 4.69) is 21.4 Å². The molecule has 2 rings (SSSR count). The zero-order valence-electron chi connectivity index (χ0n) is 10.4. The molecule has 0 aromatic carbocycles. The Bertz CT molecular complexity index is 332. The van der Waals surface area contributed by atoms with Crippen LogP contribution in [-0.2, 0) is 6.54 Å². The van der Waals surface area contributed by atoms with E-state index in [0.717, 1.165) is 12.4 Å². The first-order valence-corrected chi connectivity index (χ1v) is 6.52. The molecular weight excluding hydrogens is 212 g/mol. The number of hydrogen-bond donors (Lipinski definition) is 2. The summed E-state index contributed by atoms with van der Waals surface area (Å²) >= 11 is 0. The summed E-state index contributed by atoms with van der Waals surface area (Å²) in [5, 5.41) is 0. The monoisotopic (exact) mass is 234 g/mol. The molecule has 1 fully saturated rings. The molecule has 1 saturated heterocycles. The maximum atomic E-state index is 5.37. The Morgan fingerprint density at radius 1 is 1.18 bits per heavy atom. The normalized spacial score (nSPS) is 18.4. The summed E-state index contributed by atoms with van der Waals surface area (Å²) in [4.78, 5) is 6.67. The molecule has 0 radical (unpaired) electrons. The first kappa shape index (κ1) is 12.3. The van der Waals surface area contributed by atoms with E-state index in [1.165, 1.54) is 50.8 Å². The van der Waals surface area contributed by atoms with Crippen molar-refractivity contribution < 1.29 is 0 Å². The first-order valence-electron chi connectivity index (χ1n) is 6.52. The number of nitrogens with two attached hydrogens (primary N) is 1. The van der Waals surface area contributed by atoms with Gasteiger partial charge in [0.1, 0.15) is 5.82 Å². The van der Waals surface area contributed by atoms with Crippen LogP contribution in [0.2, 0.25) is 0 Å². The van der Waals surface area contributed by atoms with Crippen molar-refractivity contribution in [3.8, 4) is 0 Å². The van der Waals surface area contributed by atoms with Gasteiger partial charge in [-0.25, -0.2) is 10.8 Å². The standard InChI is InChI=1S/C13H22N4/c14-16-13-10-12(6-7-15-13)11-17-8-4-2-1-3-5-9-17/h6-7,10H,1-5,8-9,11,14H2,(H,15,16). The Morgan fingerprint density at radius 3 is 2.59 bits per heavy atom. The Labute approximate surface area is 103 Å². The average Bonchev–Trinajstić information content (AvgIpc) is 2.33. The van der Waals surface area contributed by atoms with Crippen LogP contribution < -0.4 is 11.3 Å². The van der Waals surface area contributed by atoms with Gasteiger partial charge in [0.05, 0.1) is 0 Å². The molecule has 0 spiro atoms. The second kappa shape index (κ2) is 6.57. The molecule has 0 saturated carbocycles. The molecule has 0 bridgehead atoms. The highest BCUT2D eigenvalue weighted by molar-refractivity contribution is 5.35. The quantitative estimate of drug-likeness (QED) is 0.621. The minimum absolute atomic E-state index is 0.745. The smallest absolute Gasteiger partial charge is 0.140 e. The molecule has 4 heteroatoms. The Kier molecular flexibility index (Phi) is 4.76. The highest BCUT2D eigenvalue weighted by atomic mass is 15.2. The Hall–Kier alpha value is -1.13. The van der Waals surface area contributed by atoms with Crippen LogP contribution in [0.25, 0.3) is 0 Å². The molecule has 94 valence electrons. The lowest BCUT2D eigenvalue weighted by atomic mass is 10.1. The number of nitrogens with zero attached hydrogens (tertiary/aromatic N) is 2. The molecule has 0 unspecified atom stereocenters. The van der Waals surface area contributed by atoms with Crippen molar-refractivity contribution in [2.45, 2.75) is 38.6 Å². The van der Waals surface area contributed by atoms with Crippen molar-refractivity contribution >= 4 is 5.82 Å². The van der Waals surface area contributed by atoms with E-state index < -0.39 is 0 Å². The first-order chi connectivity index (χ1) is 8.38. The average molecular weight is 234 g/mol. The summed E-state index contributed by atoms with van der Waals surface area (Å²) in [5.74, 6) is 6.12. The lowest BCUT2D eigenvalue weighted by Crippen LogP contribution is -2.27. The van der Waals surface area contributed by atoms with Gasteiger partial charge in [-0.15, -0.1) is 0 Å². The topological polar surface area (TPSA) is 54.2 Å². The fourth-order valence-electron chi connectivity index (χ4n) is 2.38. The van der Waals surface area contributed by atoms with Crippen molar-refractivity contribution in [3.05, 3.63) is 23.9 Å². The summed E-state index contributed by atoms with van der Waals surface area (Å²) in [5.41, 5.74) is 3.88. The summed E-state index contributed by atoms with van der Waals surface area (Å²) in [6.07, 6.45) is 8.63. The molecule has 4 nitrogen and oxygen atoms in total. The maximum absolute atomic E-state index is 5.37. The zero-order valence-corrected chi connectivity index (χ0v) is 10.4. The largest absolute Gasteiger partial charge is 0.308 e. The number of aromatic nitrogens is 1. The van der Waals surface area contributed by atoms with E-state index in [1.54, 1.807) is 0 Å². The van der Waals surface area contributed by atoms with Gasteiger partial charge in [0.2, 0.25) is 0 Å². The van der Waals surface area contributed by atoms with Gasteiger partial charge in [0.25, 0.3) is 0 Å². The van der Waals surface area contributed by atoms with Crippen molar-refractivity contribution in [2.75, 3.05) is 18.5 Å². The lowest BCUT2D eigenvalue weighted by molar-refractivity contribution is 0.240. The lowest BCUT2D eigenvalue weighted by Gasteiger charge is -2.24. The third-order valence-electron chi connectivity index (χ3n) is 3.33. The molecule has 17 heavy (non-hydrogen) atoms. The molecule has 2 heterocycles. The summed E-state index contributed by atoms with van der Waals surface area (Å²) in [6, 6.07) is 4.10. The van der Waals surface area contributed by atoms with Gasteiger partial charge in [-0.1, -0.05) is 19.3 Å². The van der Waals surface area contributed by atoms with E-state index in [-0.39, 0.29) is 0 Å². The molecule has 1 aliphatic heterocycles. The van der Waals surface area contributed by atoms with E-state index in [4.69, 9.17) is 5.84 Å². The molecule has 0 amide bonds. The van der Waals surface area contributed by atoms with Gasteiger partial charge in [-0.05, 0) is 43.6 Å². The number of pyridine rings is 1. The predicted octanol–water partition coefficient (Wildman–Crippen LogP) is 2.13. The number of hydrazine groups is 1. The van der Waals surface area contributed by atoms with E-state index in [0.29, 0.717) is 0 Å². The van der Waals surface area contributed by atoms with Crippen molar-refractivity contribution in [1.82, 2.24) is 9.88 Å². The second-order valence-corrected chi connectivity index (χ2v) is 4.74. The number of nitrogen functional groups attached to an aromatic ring is 1. The number of anilines is 1. The van der Waals surface area contributed by atoms with Gasteiger partial charge < -0.3 is 5.43 Å².